The normalized spacial score (nSPS) is 22.2. The van der Waals surface area contributed by atoms with Crippen LogP contribution in [0.4, 0.5) is 0 Å². The summed E-state index contributed by atoms with van der Waals surface area (Å²) in [5.74, 6) is 1.36. The van der Waals surface area contributed by atoms with Crippen molar-refractivity contribution in [2.24, 2.45) is 5.73 Å². The quantitative estimate of drug-likeness (QED) is 0.668. The van der Waals surface area contributed by atoms with Crippen LogP contribution in [0.5, 0.6) is 0 Å². The summed E-state index contributed by atoms with van der Waals surface area (Å²) in [5, 5.41) is 8.63. The number of hydrogen-bond donors (Lipinski definition) is 2. The molecule has 76 valence electrons. The molecule has 1 aliphatic rings. The van der Waals surface area contributed by atoms with Crippen molar-refractivity contribution in [3.63, 3.8) is 0 Å². The number of nitrogens with zero attached hydrogens (tertiary/aromatic N) is 1. The summed E-state index contributed by atoms with van der Waals surface area (Å²) in [4.78, 5) is 12.6. The van der Waals surface area contributed by atoms with E-state index in [4.69, 9.17) is 10.8 Å². The Kier molecular flexibility index (Phi) is 4.55. The molecule has 0 aromatic rings. The third-order valence-electron chi connectivity index (χ3n) is 2.09. The van der Waals surface area contributed by atoms with Crippen molar-refractivity contribution in [2.75, 3.05) is 31.1 Å². The number of carboxylic acids is 1. The zero-order valence-electron chi connectivity index (χ0n) is 7.61. The van der Waals surface area contributed by atoms with E-state index in [0.717, 1.165) is 25.3 Å². The van der Waals surface area contributed by atoms with E-state index >= 15 is 0 Å². The molecule has 0 aliphatic carbocycles. The SMILES string of the molecule is NC(CN1CCCSCC1)C(=O)O. The molecular formula is C8H16N2O2S. The standard InChI is InChI=1S/C8H16N2O2S/c9-7(8(11)12)6-10-2-1-4-13-5-3-10/h7H,1-6,9H2,(H,11,12). The monoisotopic (exact) mass is 204 g/mol. The van der Waals surface area contributed by atoms with Gasteiger partial charge in [-0.05, 0) is 18.7 Å². The fourth-order valence-electron chi connectivity index (χ4n) is 1.34. The van der Waals surface area contributed by atoms with Crippen LogP contribution in [0.25, 0.3) is 0 Å². The molecule has 5 heteroatoms. The van der Waals surface area contributed by atoms with Gasteiger partial charge in [-0.2, -0.15) is 11.8 Å². The molecule has 1 rings (SSSR count). The minimum atomic E-state index is -0.906. The fraction of sp³-hybridized carbons (Fsp3) is 0.875. The molecule has 0 aromatic carbocycles. The maximum Gasteiger partial charge on any atom is 0.321 e. The van der Waals surface area contributed by atoms with Gasteiger partial charge in [0.25, 0.3) is 0 Å². The highest BCUT2D eigenvalue weighted by molar-refractivity contribution is 7.99. The van der Waals surface area contributed by atoms with Crippen LogP contribution in [0.1, 0.15) is 6.42 Å². The summed E-state index contributed by atoms with van der Waals surface area (Å²) in [7, 11) is 0. The van der Waals surface area contributed by atoms with Gasteiger partial charge in [-0.1, -0.05) is 0 Å². The van der Waals surface area contributed by atoms with Crippen LogP contribution in [0.3, 0.4) is 0 Å². The average Bonchev–Trinajstić information content (AvgIpc) is 2.32. The summed E-state index contributed by atoms with van der Waals surface area (Å²) in [6.45, 7) is 2.43. The summed E-state index contributed by atoms with van der Waals surface area (Å²) in [6.07, 6.45) is 1.14. The van der Waals surface area contributed by atoms with Gasteiger partial charge in [0.1, 0.15) is 6.04 Å². The van der Waals surface area contributed by atoms with Crippen molar-refractivity contribution in [1.82, 2.24) is 4.90 Å². The summed E-state index contributed by atoms with van der Waals surface area (Å²) >= 11 is 1.93. The zero-order chi connectivity index (χ0) is 9.68. The van der Waals surface area contributed by atoms with E-state index in [1.54, 1.807) is 0 Å². The first-order valence-corrected chi connectivity index (χ1v) is 5.64. The molecule has 3 N–H and O–H groups in total. The fourth-order valence-corrected chi connectivity index (χ4v) is 2.26. The Morgan fingerprint density at radius 3 is 3.00 bits per heavy atom. The summed E-state index contributed by atoms with van der Waals surface area (Å²) in [5.41, 5.74) is 5.45. The highest BCUT2D eigenvalue weighted by Crippen LogP contribution is 2.09. The van der Waals surface area contributed by atoms with Crippen LogP contribution in [0.2, 0.25) is 0 Å². The Morgan fingerprint density at radius 2 is 2.31 bits per heavy atom. The van der Waals surface area contributed by atoms with Gasteiger partial charge in [0.15, 0.2) is 0 Å². The van der Waals surface area contributed by atoms with E-state index in [2.05, 4.69) is 4.90 Å². The molecule has 1 unspecified atom stereocenters. The van der Waals surface area contributed by atoms with E-state index in [-0.39, 0.29) is 0 Å². The molecule has 0 spiro atoms. The molecule has 4 nitrogen and oxygen atoms in total. The third-order valence-corrected chi connectivity index (χ3v) is 3.14. The number of rotatable bonds is 3. The second-order valence-corrected chi connectivity index (χ2v) is 4.44. The number of hydrogen-bond acceptors (Lipinski definition) is 4. The maximum atomic E-state index is 10.5. The Hall–Kier alpha value is -0.260. The van der Waals surface area contributed by atoms with Crippen LogP contribution in [0.15, 0.2) is 0 Å². The number of carbonyl (C=O) groups is 1. The lowest BCUT2D eigenvalue weighted by molar-refractivity contribution is -0.138. The highest BCUT2D eigenvalue weighted by Gasteiger charge is 2.17. The molecule has 0 aromatic heterocycles. The Balaban J connectivity index is 2.29. The van der Waals surface area contributed by atoms with Crippen LogP contribution in [0, 0.1) is 0 Å². The number of thioether (sulfide) groups is 1. The Morgan fingerprint density at radius 1 is 1.54 bits per heavy atom. The predicted molar refractivity (Wildman–Crippen MR) is 54.0 cm³/mol. The molecule has 1 atom stereocenters. The number of nitrogens with two attached hydrogens (primary N) is 1. The lowest BCUT2D eigenvalue weighted by atomic mass is 10.3. The predicted octanol–water partition coefficient (Wildman–Crippen LogP) is -0.163. The largest absolute Gasteiger partial charge is 0.480 e. The van der Waals surface area contributed by atoms with Gasteiger partial charge in [-0.15, -0.1) is 0 Å². The van der Waals surface area contributed by atoms with Gasteiger partial charge < -0.3 is 15.7 Å². The topological polar surface area (TPSA) is 66.6 Å². The molecule has 0 saturated carbocycles. The minimum absolute atomic E-state index is 0.482. The molecule has 0 radical (unpaired) electrons. The first-order valence-electron chi connectivity index (χ1n) is 4.48. The van der Waals surface area contributed by atoms with Crippen molar-refractivity contribution in [3.05, 3.63) is 0 Å². The zero-order valence-corrected chi connectivity index (χ0v) is 8.42. The molecule has 1 saturated heterocycles. The molecule has 13 heavy (non-hydrogen) atoms. The molecule has 0 bridgehead atoms. The summed E-state index contributed by atoms with van der Waals surface area (Å²) in [6, 6.07) is -0.733. The van der Waals surface area contributed by atoms with Gasteiger partial charge in [0, 0.05) is 18.8 Å². The van der Waals surface area contributed by atoms with E-state index in [1.165, 1.54) is 5.75 Å². The van der Waals surface area contributed by atoms with Crippen molar-refractivity contribution in [2.45, 2.75) is 12.5 Å². The van der Waals surface area contributed by atoms with Crippen molar-refractivity contribution >= 4 is 17.7 Å². The molecule has 0 amide bonds. The van der Waals surface area contributed by atoms with E-state index in [9.17, 15) is 4.79 Å². The third kappa shape index (κ3) is 3.97. The van der Waals surface area contributed by atoms with E-state index in [1.807, 2.05) is 11.8 Å². The van der Waals surface area contributed by atoms with Gasteiger partial charge in [0.05, 0.1) is 0 Å². The molecule has 1 aliphatic heterocycles. The molecule has 1 heterocycles. The van der Waals surface area contributed by atoms with Crippen molar-refractivity contribution in [3.8, 4) is 0 Å². The molecule has 1 fully saturated rings. The summed E-state index contributed by atoms with van der Waals surface area (Å²) < 4.78 is 0. The van der Waals surface area contributed by atoms with Crippen molar-refractivity contribution in [1.29, 1.82) is 0 Å². The van der Waals surface area contributed by atoms with Crippen molar-refractivity contribution < 1.29 is 9.90 Å². The Labute approximate surface area is 82.5 Å². The second kappa shape index (κ2) is 5.47. The van der Waals surface area contributed by atoms with Crippen LogP contribution in [-0.4, -0.2) is 53.2 Å². The Bertz CT molecular complexity index is 170. The van der Waals surface area contributed by atoms with Gasteiger partial charge in [-0.25, -0.2) is 0 Å². The first kappa shape index (κ1) is 10.8. The maximum absolute atomic E-state index is 10.5. The second-order valence-electron chi connectivity index (χ2n) is 3.21. The van der Waals surface area contributed by atoms with Gasteiger partial charge >= 0.3 is 5.97 Å². The van der Waals surface area contributed by atoms with E-state index < -0.39 is 12.0 Å². The first-order chi connectivity index (χ1) is 6.20. The highest BCUT2D eigenvalue weighted by atomic mass is 32.2. The smallest absolute Gasteiger partial charge is 0.321 e. The number of aliphatic carboxylic acids is 1. The lowest BCUT2D eigenvalue weighted by Gasteiger charge is -2.21. The van der Waals surface area contributed by atoms with Crippen LogP contribution >= 0.6 is 11.8 Å². The van der Waals surface area contributed by atoms with Gasteiger partial charge in [0.2, 0.25) is 0 Å². The lowest BCUT2D eigenvalue weighted by Crippen LogP contribution is -2.43. The van der Waals surface area contributed by atoms with Crippen LogP contribution in [-0.2, 0) is 4.79 Å². The minimum Gasteiger partial charge on any atom is -0.480 e. The molecular weight excluding hydrogens is 188 g/mol. The number of carboxylic acid groups (broad SMARTS) is 1. The van der Waals surface area contributed by atoms with Gasteiger partial charge in [-0.3, -0.25) is 4.79 Å². The van der Waals surface area contributed by atoms with Crippen LogP contribution < -0.4 is 5.73 Å². The average molecular weight is 204 g/mol. The van der Waals surface area contributed by atoms with E-state index in [0.29, 0.717) is 6.54 Å².